The molecule has 0 radical (unpaired) electrons. The molecule has 0 aliphatic heterocycles. The molecule has 0 saturated carbocycles. The third kappa shape index (κ3) is 2.77. The van der Waals surface area contributed by atoms with E-state index in [0.717, 1.165) is 10.4 Å². The van der Waals surface area contributed by atoms with E-state index in [2.05, 4.69) is 4.98 Å². The fourth-order valence-electron chi connectivity index (χ4n) is 2.06. The van der Waals surface area contributed by atoms with E-state index in [1.54, 1.807) is 7.05 Å². The molecule has 22 heavy (non-hydrogen) atoms. The minimum absolute atomic E-state index is 0.0999. The Bertz CT molecular complexity index is 900. The maximum Gasteiger partial charge on any atom is 0.262 e. The summed E-state index contributed by atoms with van der Waals surface area (Å²) in [5.41, 5.74) is 6.09. The van der Waals surface area contributed by atoms with Crippen molar-refractivity contribution in [3.05, 3.63) is 46.8 Å². The molecule has 2 heterocycles. The second-order valence-corrected chi connectivity index (χ2v) is 6.68. The summed E-state index contributed by atoms with van der Waals surface area (Å²) in [5, 5.41) is 1.09. The van der Waals surface area contributed by atoms with Gasteiger partial charge in [-0.05, 0) is 11.6 Å². The number of nitrogens with two attached hydrogens (primary N) is 1. The van der Waals surface area contributed by atoms with Gasteiger partial charge in [0.05, 0.1) is 11.1 Å². The van der Waals surface area contributed by atoms with Crippen molar-refractivity contribution in [3.8, 4) is 10.4 Å². The van der Waals surface area contributed by atoms with E-state index in [0.29, 0.717) is 15.4 Å². The van der Waals surface area contributed by atoms with E-state index in [1.165, 1.54) is 27.7 Å². The molecule has 0 aliphatic carbocycles. The molecule has 0 spiro atoms. The van der Waals surface area contributed by atoms with Crippen molar-refractivity contribution in [1.29, 1.82) is 0 Å². The average Bonchev–Trinajstić information content (AvgIpc) is 2.94. The van der Waals surface area contributed by atoms with Crippen LogP contribution in [0.3, 0.4) is 0 Å². The lowest BCUT2D eigenvalue weighted by atomic mass is 10.2. The highest BCUT2D eigenvalue weighted by Gasteiger charge is 2.13. The summed E-state index contributed by atoms with van der Waals surface area (Å²) in [6.07, 6.45) is 0. The molecule has 2 aromatic heterocycles. The second kappa shape index (κ2) is 5.94. The Morgan fingerprint density at radius 1 is 1.36 bits per heavy atom. The molecule has 5 nitrogen and oxygen atoms in total. The summed E-state index contributed by atoms with van der Waals surface area (Å²) < 4.78 is 1.46. The Morgan fingerprint density at radius 2 is 2.09 bits per heavy atom. The zero-order chi connectivity index (χ0) is 15.7. The lowest BCUT2D eigenvalue weighted by Gasteiger charge is -2.05. The minimum Gasteiger partial charge on any atom is -0.369 e. The average molecular weight is 331 g/mol. The van der Waals surface area contributed by atoms with E-state index in [9.17, 15) is 9.59 Å². The monoisotopic (exact) mass is 331 g/mol. The number of rotatable bonds is 4. The Hall–Kier alpha value is -2.12. The predicted octanol–water partition coefficient (Wildman–Crippen LogP) is 2.24. The number of hydrogen-bond donors (Lipinski definition) is 1. The summed E-state index contributed by atoms with van der Waals surface area (Å²) >= 11 is 2.64. The van der Waals surface area contributed by atoms with Crippen LogP contribution in [0.1, 0.15) is 0 Å². The molecule has 1 amide bonds. The van der Waals surface area contributed by atoms with E-state index in [1.807, 2.05) is 36.4 Å². The second-order valence-electron chi connectivity index (χ2n) is 4.71. The summed E-state index contributed by atoms with van der Waals surface area (Å²) in [6.45, 7) is 0. The number of amides is 1. The first-order chi connectivity index (χ1) is 10.6. The Balaban J connectivity index is 2.10. The van der Waals surface area contributed by atoms with E-state index < -0.39 is 5.91 Å². The van der Waals surface area contributed by atoms with Gasteiger partial charge in [0.1, 0.15) is 4.83 Å². The van der Waals surface area contributed by atoms with Gasteiger partial charge in [-0.2, -0.15) is 0 Å². The number of thioether (sulfide) groups is 1. The molecule has 0 aliphatic rings. The lowest BCUT2D eigenvalue weighted by Crippen LogP contribution is -2.20. The Kier molecular flexibility index (Phi) is 4.00. The van der Waals surface area contributed by atoms with Gasteiger partial charge >= 0.3 is 0 Å². The molecule has 0 saturated heterocycles. The molecule has 112 valence electrons. The molecule has 3 rings (SSSR count). The largest absolute Gasteiger partial charge is 0.369 e. The zero-order valence-corrected chi connectivity index (χ0v) is 13.4. The molecule has 1 aromatic carbocycles. The van der Waals surface area contributed by atoms with Crippen LogP contribution in [0.4, 0.5) is 0 Å². The van der Waals surface area contributed by atoms with Crippen LogP contribution < -0.4 is 11.3 Å². The van der Waals surface area contributed by atoms with Gasteiger partial charge in [-0.1, -0.05) is 42.1 Å². The minimum atomic E-state index is -0.435. The topological polar surface area (TPSA) is 78.0 Å². The molecular formula is C15H13N3O2S2. The normalized spacial score (nSPS) is 11.0. The fourth-order valence-corrected chi connectivity index (χ4v) is 3.85. The first kappa shape index (κ1) is 14.8. The molecule has 0 unspecified atom stereocenters. The van der Waals surface area contributed by atoms with Gasteiger partial charge in [0.2, 0.25) is 5.91 Å². The lowest BCUT2D eigenvalue weighted by molar-refractivity contribution is -0.115. The maximum atomic E-state index is 12.4. The smallest absolute Gasteiger partial charge is 0.262 e. The van der Waals surface area contributed by atoms with Gasteiger partial charge in [-0.3, -0.25) is 14.2 Å². The highest BCUT2D eigenvalue weighted by atomic mass is 32.2. The number of thiophene rings is 1. The molecule has 0 fully saturated rings. The number of nitrogens with zero attached hydrogens (tertiary/aromatic N) is 2. The summed E-state index contributed by atoms with van der Waals surface area (Å²) in [4.78, 5) is 29.5. The number of benzene rings is 1. The van der Waals surface area contributed by atoms with Crippen molar-refractivity contribution in [2.75, 3.05) is 5.75 Å². The standard InChI is InChI=1S/C15H13N3O2S2/c1-18-14(20)10-7-11(9-5-3-2-4-6-9)22-13(10)17-15(18)21-8-12(16)19/h2-7H,8H2,1H3,(H2,16,19). The summed E-state index contributed by atoms with van der Waals surface area (Å²) in [5.74, 6) is -0.335. The molecular weight excluding hydrogens is 318 g/mol. The van der Waals surface area contributed by atoms with Crippen molar-refractivity contribution >= 4 is 39.2 Å². The van der Waals surface area contributed by atoms with Gasteiger partial charge in [0.25, 0.3) is 5.56 Å². The van der Waals surface area contributed by atoms with E-state index >= 15 is 0 Å². The van der Waals surface area contributed by atoms with Gasteiger partial charge in [-0.15, -0.1) is 11.3 Å². The number of carbonyl (C=O) groups is 1. The van der Waals surface area contributed by atoms with Crippen molar-refractivity contribution in [3.63, 3.8) is 0 Å². The first-order valence-electron chi connectivity index (χ1n) is 6.53. The predicted molar refractivity (Wildman–Crippen MR) is 90.2 cm³/mol. The first-order valence-corrected chi connectivity index (χ1v) is 8.33. The van der Waals surface area contributed by atoms with E-state index in [-0.39, 0.29) is 11.3 Å². The SMILES string of the molecule is Cn1c(SCC(N)=O)nc2sc(-c3ccccc3)cc2c1=O. The quantitative estimate of drug-likeness (QED) is 0.587. The highest BCUT2D eigenvalue weighted by molar-refractivity contribution is 7.99. The Morgan fingerprint density at radius 3 is 2.77 bits per heavy atom. The summed E-state index contributed by atoms with van der Waals surface area (Å²) in [6, 6.07) is 11.7. The van der Waals surface area contributed by atoms with Gasteiger partial charge in [-0.25, -0.2) is 4.98 Å². The van der Waals surface area contributed by atoms with Gasteiger partial charge in [0, 0.05) is 11.9 Å². The number of aromatic nitrogens is 2. The number of fused-ring (bicyclic) bond motifs is 1. The van der Waals surface area contributed by atoms with Crippen molar-refractivity contribution < 1.29 is 4.79 Å². The van der Waals surface area contributed by atoms with Crippen LogP contribution in [0.5, 0.6) is 0 Å². The van der Waals surface area contributed by atoms with Crippen LogP contribution in [0.2, 0.25) is 0 Å². The van der Waals surface area contributed by atoms with Crippen LogP contribution >= 0.6 is 23.1 Å². The molecule has 3 aromatic rings. The molecule has 0 atom stereocenters. The number of primary amides is 1. The van der Waals surface area contributed by atoms with Crippen molar-refractivity contribution in [2.24, 2.45) is 12.8 Å². The third-order valence-corrected chi connectivity index (χ3v) is 5.26. The van der Waals surface area contributed by atoms with Crippen LogP contribution in [0.25, 0.3) is 20.7 Å². The molecule has 0 bridgehead atoms. The highest BCUT2D eigenvalue weighted by Crippen LogP contribution is 2.31. The number of hydrogen-bond acceptors (Lipinski definition) is 5. The van der Waals surface area contributed by atoms with E-state index in [4.69, 9.17) is 5.73 Å². The van der Waals surface area contributed by atoms with Crippen molar-refractivity contribution in [1.82, 2.24) is 9.55 Å². The third-order valence-electron chi connectivity index (χ3n) is 3.13. The Labute approximate surface area is 134 Å². The van der Waals surface area contributed by atoms with Crippen LogP contribution in [0.15, 0.2) is 46.3 Å². The van der Waals surface area contributed by atoms with Crippen LogP contribution in [0, 0.1) is 0 Å². The summed E-state index contributed by atoms with van der Waals surface area (Å²) in [7, 11) is 1.65. The van der Waals surface area contributed by atoms with Gasteiger partial charge in [0.15, 0.2) is 5.16 Å². The molecule has 7 heteroatoms. The van der Waals surface area contributed by atoms with Crippen LogP contribution in [-0.2, 0) is 11.8 Å². The zero-order valence-electron chi connectivity index (χ0n) is 11.8. The molecule has 2 N–H and O–H groups in total. The van der Waals surface area contributed by atoms with Crippen molar-refractivity contribution in [2.45, 2.75) is 5.16 Å². The fraction of sp³-hybridized carbons (Fsp3) is 0.133. The maximum absolute atomic E-state index is 12.4. The van der Waals surface area contributed by atoms with Gasteiger partial charge < -0.3 is 5.73 Å². The number of carbonyl (C=O) groups excluding carboxylic acids is 1. The van der Waals surface area contributed by atoms with Crippen LogP contribution in [-0.4, -0.2) is 21.2 Å².